The first-order chi connectivity index (χ1) is 8.65. The normalized spacial score (nSPS) is 23.9. The van der Waals surface area contributed by atoms with Crippen LogP contribution in [0.15, 0.2) is 18.2 Å². The zero-order chi connectivity index (χ0) is 12.7. The van der Waals surface area contributed by atoms with Gasteiger partial charge in [-0.25, -0.2) is 0 Å². The second-order valence-electron chi connectivity index (χ2n) is 5.73. The molecule has 0 aliphatic heterocycles. The van der Waals surface area contributed by atoms with Crippen LogP contribution in [0, 0.1) is 23.5 Å². The molecule has 2 atom stereocenters. The number of hydrogen-bond acceptors (Lipinski definition) is 1. The Bertz CT molecular complexity index is 623. The van der Waals surface area contributed by atoms with E-state index in [4.69, 9.17) is 12.2 Å². The molecule has 2 nitrogen and oxygen atoms in total. The number of H-pyrrole nitrogens is 1. The maximum atomic E-state index is 5.48. The van der Waals surface area contributed by atoms with Crippen molar-refractivity contribution in [2.45, 2.75) is 39.7 Å². The van der Waals surface area contributed by atoms with E-state index >= 15 is 0 Å². The van der Waals surface area contributed by atoms with Crippen molar-refractivity contribution in [1.82, 2.24) is 9.55 Å². The second kappa shape index (κ2) is 4.54. The summed E-state index contributed by atoms with van der Waals surface area (Å²) in [6, 6.07) is 6.51. The van der Waals surface area contributed by atoms with Crippen molar-refractivity contribution in [3.63, 3.8) is 0 Å². The fourth-order valence-corrected chi connectivity index (χ4v) is 3.45. The SMILES string of the molecule is Cc1ccc2[nH]c(=S)n(CC3CCCC3C)c2c1. The van der Waals surface area contributed by atoms with Crippen LogP contribution in [-0.4, -0.2) is 9.55 Å². The largest absolute Gasteiger partial charge is 0.331 e. The van der Waals surface area contributed by atoms with Gasteiger partial charge in [0.2, 0.25) is 0 Å². The summed E-state index contributed by atoms with van der Waals surface area (Å²) >= 11 is 5.48. The van der Waals surface area contributed by atoms with Crippen LogP contribution < -0.4 is 0 Å². The first kappa shape index (κ1) is 12.0. The van der Waals surface area contributed by atoms with Crippen molar-refractivity contribution in [3.05, 3.63) is 28.5 Å². The Labute approximate surface area is 113 Å². The third-order valence-electron chi connectivity index (χ3n) is 4.39. The van der Waals surface area contributed by atoms with E-state index in [0.29, 0.717) is 0 Å². The molecule has 0 radical (unpaired) electrons. The topological polar surface area (TPSA) is 20.7 Å². The Morgan fingerprint density at radius 2 is 2.22 bits per heavy atom. The van der Waals surface area contributed by atoms with Gasteiger partial charge in [0.1, 0.15) is 0 Å². The molecular formula is C15H20N2S. The molecule has 1 fully saturated rings. The fourth-order valence-electron chi connectivity index (χ4n) is 3.17. The Hall–Kier alpha value is -1.09. The number of rotatable bonds is 2. The monoisotopic (exact) mass is 260 g/mol. The minimum atomic E-state index is 0.788. The molecule has 1 aliphatic rings. The van der Waals surface area contributed by atoms with Crippen LogP contribution in [0.3, 0.4) is 0 Å². The lowest BCUT2D eigenvalue weighted by molar-refractivity contribution is 0.366. The van der Waals surface area contributed by atoms with Crippen molar-refractivity contribution < 1.29 is 0 Å². The van der Waals surface area contributed by atoms with Gasteiger partial charge in [-0.3, -0.25) is 0 Å². The number of benzene rings is 1. The molecule has 0 amide bonds. The lowest BCUT2D eigenvalue weighted by Crippen LogP contribution is -2.13. The van der Waals surface area contributed by atoms with Gasteiger partial charge in [0.15, 0.2) is 4.77 Å². The minimum absolute atomic E-state index is 0.788. The van der Waals surface area contributed by atoms with Crippen molar-refractivity contribution in [1.29, 1.82) is 0 Å². The van der Waals surface area contributed by atoms with Crippen LogP contribution in [-0.2, 0) is 6.54 Å². The van der Waals surface area contributed by atoms with E-state index in [2.05, 4.69) is 41.6 Å². The van der Waals surface area contributed by atoms with Crippen LogP contribution >= 0.6 is 12.2 Å². The summed E-state index contributed by atoms with van der Waals surface area (Å²) in [6.45, 7) is 5.59. The number of hydrogen-bond donors (Lipinski definition) is 1. The molecule has 2 unspecified atom stereocenters. The molecule has 96 valence electrons. The highest BCUT2D eigenvalue weighted by molar-refractivity contribution is 7.71. The molecule has 3 rings (SSSR count). The number of imidazole rings is 1. The molecule has 0 spiro atoms. The second-order valence-corrected chi connectivity index (χ2v) is 6.12. The maximum absolute atomic E-state index is 5.48. The highest BCUT2D eigenvalue weighted by Gasteiger charge is 2.24. The molecule has 1 aromatic heterocycles. The number of aromatic amines is 1. The molecule has 0 saturated heterocycles. The number of aryl methyl sites for hydroxylation is 1. The number of aromatic nitrogens is 2. The third kappa shape index (κ3) is 2.01. The Balaban J connectivity index is 2.02. The fraction of sp³-hybridized carbons (Fsp3) is 0.533. The zero-order valence-electron chi connectivity index (χ0n) is 11.1. The zero-order valence-corrected chi connectivity index (χ0v) is 11.9. The lowest BCUT2D eigenvalue weighted by Gasteiger charge is -2.16. The van der Waals surface area contributed by atoms with E-state index in [1.807, 2.05) is 0 Å². The van der Waals surface area contributed by atoms with Crippen LogP contribution in [0.1, 0.15) is 31.7 Å². The molecule has 1 aliphatic carbocycles. The molecule has 1 heterocycles. The summed E-state index contributed by atoms with van der Waals surface area (Å²) in [7, 11) is 0. The summed E-state index contributed by atoms with van der Waals surface area (Å²) in [5, 5.41) is 0. The molecular weight excluding hydrogens is 240 g/mol. The van der Waals surface area contributed by atoms with E-state index in [0.717, 1.165) is 28.7 Å². The molecule has 1 aromatic carbocycles. The quantitative estimate of drug-likeness (QED) is 0.791. The van der Waals surface area contributed by atoms with Gasteiger partial charge in [0, 0.05) is 6.54 Å². The third-order valence-corrected chi connectivity index (χ3v) is 4.71. The first-order valence-electron chi connectivity index (χ1n) is 6.84. The van der Waals surface area contributed by atoms with Crippen molar-refractivity contribution in [3.8, 4) is 0 Å². The summed E-state index contributed by atoms with van der Waals surface area (Å²) < 4.78 is 3.17. The predicted molar refractivity (Wildman–Crippen MR) is 78.4 cm³/mol. The smallest absolute Gasteiger partial charge is 0.178 e. The minimum Gasteiger partial charge on any atom is -0.331 e. The lowest BCUT2D eigenvalue weighted by atomic mass is 9.98. The van der Waals surface area contributed by atoms with Crippen LogP contribution in [0.25, 0.3) is 11.0 Å². The summed E-state index contributed by atoms with van der Waals surface area (Å²) in [6.07, 6.45) is 4.10. The van der Waals surface area contributed by atoms with Crippen LogP contribution in [0.2, 0.25) is 0 Å². The summed E-state index contributed by atoms with van der Waals surface area (Å²) in [5.41, 5.74) is 3.72. The molecule has 0 bridgehead atoms. The number of nitrogens with one attached hydrogen (secondary N) is 1. The average Bonchev–Trinajstić information content (AvgIpc) is 2.86. The number of nitrogens with zero attached hydrogens (tertiary/aromatic N) is 1. The van der Waals surface area contributed by atoms with Crippen LogP contribution in [0.5, 0.6) is 0 Å². The Morgan fingerprint density at radius 3 is 2.94 bits per heavy atom. The van der Waals surface area contributed by atoms with E-state index in [1.54, 1.807) is 0 Å². The van der Waals surface area contributed by atoms with Crippen molar-refractivity contribution >= 4 is 23.3 Å². The van der Waals surface area contributed by atoms with E-state index in [1.165, 1.54) is 30.3 Å². The Kier molecular flexibility index (Phi) is 3.02. The Morgan fingerprint density at radius 1 is 1.39 bits per heavy atom. The van der Waals surface area contributed by atoms with E-state index in [9.17, 15) is 0 Å². The molecule has 3 heteroatoms. The van der Waals surface area contributed by atoms with Gasteiger partial charge in [-0.15, -0.1) is 0 Å². The summed E-state index contributed by atoms with van der Waals surface area (Å²) in [5.74, 6) is 1.62. The summed E-state index contributed by atoms with van der Waals surface area (Å²) in [4.78, 5) is 3.32. The molecule has 18 heavy (non-hydrogen) atoms. The molecule has 1 N–H and O–H groups in total. The molecule has 1 saturated carbocycles. The highest BCUT2D eigenvalue weighted by atomic mass is 32.1. The van der Waals surface area contributed by atoms with E-state index in [-0.39, 0.29) is 0 Å². The first-order valence-corrected chi connectivity index (χ1v) is 7.25. The van der Waals surface area contributed by atoms with Gasteiger partial charge in [0.25, 0.3) is 0 Å². The van der Waals surface area contributed by atoms with Gasteiger partial charge >= 0.3 is 0 Å². The van der Waals surface area contributed by atoms with Gasteiger partial charge in [-0.05, 0) is 55.1 Å². The average molecular weight is 260 g/mol. The van der Waals surface area contributed by atoms with Crippen LogP contribution in [0.4, 0.5) is 0 Å². The highest BCUT2D eigenvalue weighted by Crippen LogP contribution is 2.33. The number of fused-ring (bicyclic) bond motifs is 1. The van der Waals surface area contributed by atoms with Gasteiger partial charge in [-0.2, -0.15) is 0 Å². The van der Waals surface area contributed by atoms with Gasteiger partial charge in [0.05, 0.1) is 11.0 Å². The van der Waals surface area contributed by atoms with Crippen molar-refractivity contribution in [2.75, 3.05) is 0 Å². The maximum Gasteiger partial charge on any atom is 0.178 e. The van der Waals surface area contributed by atoms with Crippen molar-refractivity contribution in [2.24, 2.45) is 11.8 Å². The van der Waals surface area contributed by atoms with Gasteiger partial charge < -0.3 is 9.55 Å². The molecule has 2 aromatic rings. The van der Waals surface area contributed by atoms with E-state index < -0.39 is 0 Å². The predicted octanol–water partition coefficient (Wildman–Crippen LogP) is 4.44. The van der Waals surface area contributed by atoms with Gasteiger partial charge in [-0.1, -0.05) is 25.8 Å². The standard InChI is InChI=1S/C15H20N2S/c1-10-6-7-13-14(8-10)17(15(18)16-13)9-12-5-3-4-11(12)2/h6-8,11-12H,3-5,9H2,1-2H3,(H,16,18).